The monoisotopic (exact) mass is 483 g/mol. The summed E-state index contributed by atoms with van der Waals surface area (Å²) in [4.78, 5) is 22.1. The molecule has 1 aromatic heterocycles. The molecule has 3 aromatic carbocycles. The molecule has 7 heteroatoms. The standard InChI is InChI=1S/C29H33N5O2/c1-20(2)26(18-36-19-30)33-29-24-10-6-7-11-25(24)32-27(34-29)17-31-28(35)16-21-12-14-23(15-13-21)22-8-4-3-5-9-22/h3-15,20,26H,16-19,30H2,1-2H3,(H,31,35)(H,32,33,34)/t26-/m1/s1. The molecule has 0 aliphatic heterocycles. The van der Waals surface area contributed by atoms with E-state index in [4.69, 9.17) is 15.5 Å². The Morgan fingerprint density at radius 3 is 2.33 bits per heavy atom. The summed E-state index contributed by atoms with van der Waals surface area (Å²) in [7, 11) is 0. The van der Waals surface area contributed by atoms with Gasteiger partial charge in [-0.15, -0.1) is 0 Å². The van der Waals surface area contributed by atoms with Gasteiger partial charge in [-0.1, -0.05) is 80.6 Å². The molecule has 0 saturated carbocycles. The number of carbonyl (C=O) groups is 1. The number of nitrogens with zero attached hydrogens (tertiary/aromatic N) is 2. The number of hydrogen-bond acceptors (Lipinski definition) is 6. The maximum Gasteiger partial charge on any atom is 0.224 e. The first-order chi connectivity index (χ1) is 17.5. The summed E-state index contributed by atoms with van der Waals surface area (Å²) in [6.07, 6.45) is 0.291. The highest BCUT2D eigenvalue weighted by Crippen LogP contribution is 2.23. The first-order valence-corrected chi connectivity index (χ1v) is 12.2. The topological polar surface area (TPSA) is 102 Å². The molecule has 0 fully saturated rings. The Morgan fingerprint density at radius 1 is 0.917 bits per heavy atom. The molecule has 4 aromatic rings. The van der Waals surface area contributed by atoms with Gasteiger partial charge < -0.3 is 21.1 Å². The Morgan fingerprint density at radius 2 is 1.61 bits per heavy atom. The summed E-state index contributed by atoms with van der Waals surface area (Å²) in [5, 5.41) is 7.38. The molecule has 4 N–H and O–H groups in total. The maximum atomic E-state index is 12.7. The lowest BCUT2D eigenvalue weighted by Crippen LogP contribution is -2.32. The Labute approximate surface area is 212 Å². The van der Waals surface area contributed by atoms with Crippen molar-refractivity contribution in [1.82, 2.24) is 15.3 Å². The van der Waals surface area contributed by atoms with Crippen LogP contribution < -0.4 is 16.4 Å². The number of carbonyl (C=O) groups excluding carboxylic acids is 1. The van der Waals surface area contributed by atoms with Crippen LogP contribution in [0.15, 0.2) is 78.9 Å². The van der Waals surface area contributed by atoms with Gasteiger partial charge in [-0.2, -0.15) is 0 Å². The van der Waals surface area contributed by atoms with Crippen LogP contribution in [-0.4, -0.2) is 35.3 Å². The molecule has 0 radical (unpaired) electrons. The van der Waals surface area contributed by atoms with Gasteiger partial charge >= 0.3 is 0 Å². The molecule has 36 heavy (non-hydrogen) atoms. The Bertz CT molecular complexity index is 1280. The van der Waals surface area contributed by atoms with Crippen molar-refractivity contribution in [3.63, 3.8) is 0 Å². The van der Waals surface area contributed by atoms with Crippen molar-refractivity contribution < 1.29 is 9.53 Å². The molecule has 1 amide bonds. The Kier molecular flexibility index (Phi) is 8.60. The van der Waals surface area contributed by atoms with Crippen molar-refractivity contribution in [1.29, 1.82) is 0 Å². The van der Waals surface area contributed by atoms with Gasteiger partial charge in [0.15, 0.2) is 5.82 Å². The number of anilines is 1. The van der Waals surface area contributed by atoms with E-state index in [1.807, 2.05) is 66.7 Å². The van der Waals surface area contributed by atoms with Crippen LogP contribution in [0, 0.1) is 5.92 Å². The van der Waals surface area contributed by atoms with Gasteiger partial charge in [-0.25, -0.2) is 9.97 Å². The van der Waals surface area contributed by atoms with Crippen LogP contribution in [0.4, 0.5) is 5.82 Å². The zero-order valence-electron chi connectivity index (χ0n) is 20.8. The van der Waals surface area contributed by atoms with Gasteiger partial charge in [0.1, 0.15) is 5.82 Å². The number of amides is 1. The van der Waals surface area contributed by atoms with E-state index in [0.717, 1.165) is 33.4 Å². The summed E-state index contributed by atoms with van der Waals surface area (Å²) < 4.78 is 5.45. The molecule has 0 aliphatic rings. The average Bonchev–Trinajstić information content (AvgIpc) is 2.90. The van der Waals surface area contributed by atoms with E-state index >= 15 is 0 Å². The van der Waals surface area contributed by atoms with Crippen molar-refractivity contribution in [3.05, 3.63) is 90.3 Å². The van der Waals surface area contributed by atoms with Crippen LogP contribution >= 0.6 is 0 Å². The first kappa shape index (κ1) is 25.3. The molecule has 1 atom stereocenters. The summed E-state index contributed by atoms with van der Waals surface area (Å²) in [5.74, 6) is 1.50. The van der Waals surface area contributed by atoms with Gasteiger partial charge in [-0.05, 0) is 34.7 Å². The number of para-hydroxylation sites is 1. The number of rotatable bonds is 11. The second-order valence-electron chi connectivity index (χ2n) is 9.05. The summed E-state index contributed by atoms with van der Waals surface area (Å²) >= 11 is 0. The molecule has 7 nitrogen and oxygen atoms in total. The maximum absolute atomic E-state index is 12.7. The highest BCUT2D eigenvalue weighted by molar-refractivity contribution is 5.89. The minimum Gasteiger partial charge on any atom is -0.364 e. The number of aromatic nitrogens is 2. The summed E-state index contributed by atoms with van der Waals surface area (Å²) in [6, 6.07) is 26.1. The van der Waals surface area contributed by atoms with Gasteiger partial charge in [0, 0.05) is 5.39 Å². The van der Waals surface area contributed by atoms with Gasteiger partial charge in [0.05, 0.1) is 37.9 Å². The predicted octanol–water partition coefficient (Wildman–Crippen LogP) is 4.53. The summed E-state index contributed by atoms with van der Waals surface area (Å²) in [5.41, 5.74) is 9.58. The van der Waals surface area contributed by atoms with E-state index < -0.39 is 0 Å². The fourth-order valence-corrected chi connectivity index (χ4v) is 3.96. The van der Waals surface area contributed by atoms with Crippen LogP contribution in [0.1, 0.15) is 25.2 Å². The van der Waals surface area contributed by atoms with E-state index in [0.29, 0.717) is 24.8 Å². The molecule has 4 rings (SSSR count). The number of hydrogen-bond donors (Lipinski definition) is 3. The number of benzene rings is 3. The lowest BCUT2D eigenvalue weighted by atomic mass is 10.0. The van der Waals surface area contributed by atoms with Gasteiger partial charge in [-0.3, -0.25) is 4.79 Å². The average molecular weight is 484 g/mol. The highest BCUT2D eigenvalue weighted by Gasteiger charge is 2.17. The third kappa shape index (κ3) is 6.65. The number of ether oxygens (including phenoxy) is 1. The fourth-order valence-electron chi connectivity index (χ4n) is 3.96. The van der Waals surface area contributed by atoms with Crippen molar-refractivity contribution >= 4 is 22.6 Å². The molecule has 1 heterocycles. The van der Waals surface area contributed by atoms with Gasteiger partial charge in [0.2, 0.25) is 5.91 Å². The molecule has 0 aliphatic carbocycles. The fraction of sp³-hybridized carbons (Fsp3) is 0.276. The molecule has 0 unspecified atom stereocenters. The minimum atomic E-state index is -0.0786. The van der Waals surface area contributed by atoms with Crippen LogP contribution in [-0.2, 0) is 22.5 Å². The van der Waals surface area contributed by atoms with E-state index in [1.165, 1.54) is 0 Å². The van der Waals surface area contributed by atoms with E-state index in [9.17, 15) is 4.79 Å². The molecule has 0 spiro atoms. The number of fused-ring (bicyclic) bond motifs is 1. The van der Waals surface area contributed by atoms with Crippen LogP contribution in [0.5, 0.6) is 0 Å². The first-order valence-electron chi connectivity index (χ1n) is 12.2. The minimum absolute atomic E-state index is 0.0353. The summed E-state index contributed by atoms with van der Waals surface area (Å²) in [6.45, 7) is 5.12. The lowest BCUT2D eigenvalue weighted by Gasteiger charge is -2.23. The van der Waals surface area contributed by atoms with Crippen molar-refractivity contribution in [3.8, 4) is 11.1 Å². The van der Waals surface area contributed by atoms with Crippen LogP contribution in [0.2, 0.25) is 0 Å². The third-order valence-corrected chi connectivity index (χ3v) is 6.06. The molecule has 186 valence electrons. The molecular formula is C29H33N5O2. The zero-order valence-corrected chi connectivity index (χ0v) is 20.8. The van der Waals surface area contributed by atoms with Crippen molar-refractivity contribution in [2.45, 2.75) is 32.9 Å². The SMILES string of the molecule is CC(C)[C@@H](COCN)Nc1nc(CNC(=O)Cc2ccc(-c3ccccc3)cc2)nc2ccccc12. The van der Waals surface area contributed by atoms with Crippen molar-refractivity contribution in [2.75, 3.05) is 18.7 Å². The van der Waals surface area contributed by atoms with Crippen LogP contribution in [0.3, 0.4) is 0 Å². The number of nitrogens with two attached hydrogens (primary N) is 1. The largest absolute Gasteiger partial charge is 0.364 e. The van der Waals surface area contributed by atoms with Crippen LogP contribution in [0.25, 0.3) is 22.0 Å². The normalized spacial score (nSPS) is 12.0. The molecular weight excluding hydrogens is 450 g/mol. The second-order valence-corrected chi connectivity index (χ2v) is 9.05. The predicted molar refractivity (Wildman–Crippen MR) is 144 cm³/mol. The zero-order chi connectivity index (χ0) is 25.3. The van der Waals surface area contributed by atoms with E-state index in [2.05, 4.69) is 41.6 Å². The second kappa shape index (κ2) is 12.2. The van der Waals surface area contributed by atoms with E-state index in [1.54, 1.807) is 0 Å². The quantitative estimate of drug-likeness (QED) is 0.271. The number of nitrogens with one attached hydrogen (secondary N) is 2. The van der Waals surface area contributed by atoms with Crippen molar-refractivity contribution in [2.24, 2.45) is 11.7 Å². The molecule has 0 saturated heterocycles. The smallest absolute Gasteiger partial charge is 0.224 e. The Balaban J connectivity index is 1.43. The molecule has 0 bridgehead atoms. The highest BCUT2D eigenvalue weighted by atomic mass is 16.5. The lowest BCUT2D eigenvalue weighted by molar-refractivity contribution is -0.120. The van der Waals surface area contributed by atoms with Gasteiger partial charge in [0.25, 0.3) is 0 Å². The van der Waals surface area contributed by atoms with E-state index in [-0.39, 0.29) is 25.2 Å². The third-order valence-electron chi connectivity index (χ3n) is 6.06. The Hall–Kier alpha value is -3.81.